The number of phenols is 1. The van der Waals surface area contributed by atoms with Gasteiger partial charge < -0.3 is 15.7 Å². The first-order chi connectivity index (χ1) is 14.6. The molecule has 1 aliphatic heterocycles. The number of nitrogens with two attached hydrogens (primary N) is 1. The fourth-order valence-corrected chi connectivity index (χ4v) is 6.11. The summed E-state index contributed by atoms with van der Waals surface area (Å²) in [5, 5.41) is 18.2. The highest BCUT2D eigenvalue weighted by molar-refractivity contribution is 7.91. The molecule has 1 amide bonds. The number of rotatable bonds is 6. The number of carbonyl (C=O) groups is 1. The van der Waals surface area contributed by atoms with Gasteiger partial charge in [-0.25, -0.2) is 12.8 Å². The van der Waals surface area contributed by atoms with Crippen molar-refractivity contribution in [1.82, 2.24) is 9.62 Å². The molecule has 2 aromatic carbocycles. The van der Waals surface area contributed by atoms with Crippen LogP contribution in [0.3, 0.4) is 0 Å². The summed E-state index contributed by atoms with van der Waals surface area (Å²) in [6.45, 7) is 0.361. The van der Waals surface area contributed by atoms with Crippen molar-refractivity contribution in [2.75, 3.05) is 6.54 Å². The third-order valence-electron chi connectivity index (χ3n) is 5.07. The van der Waals surface area contributed by atoms with Gasteiger partial charge in [-0.3, -0.25) is 10.2 Å². The quantitative estimate of drug-likeness (QED) is 0.329. The number of amides is 1. The molecule has 0 bridgehead atoms. The molecule has 0 unspecified atom stereocenters. The lowest BCUT2D eigenvalue weighted by molar-refractivity contribution is -0.129. The number of carbonyl (C=O) groups excluding carboxylic acids is 1. The van der Waals surface area contributed by atoms with Crippen molar-refractivity contribution >= 4 is 43.2 Å². The molecule has 4 rings (SSSR count). The summed E-state index contributed by atoms with van der Waals surface area (Å²) in [6, 6.07) is 8.97. The van der Waals surface area contributed by atoms with E-state index in [0.29, 0.717) is 27.8 Å². The number of likely N-dealkylation sites (tertiary alicyclic amines) is 1. The average molecular weight is 463 g/mol. The zero-order chi connectivity index (χ0) is 22.3. The largest absolute Gasteiger partial charge is 0.508 e. The first-order valence-corrected chi connectivity index (χ1v) is 11.6. The van der Waals surface area contributed by atoms with Crippen LogP contribution in [-0.2, 0) is 21.4 Å². The van der Waals surface area contributed by atoms with Gasteiger partial charge in [0.1, 0.15) is 27.7 Å². The lowest BCUT2D eigenvalue weighted by atomic mass is 10.1. The van der Waals surface area contributed by atoms with Gasteiger partial charge in [0.15, 0.2) is 0 Å². The van der Waals surface area contributed by atoms with E-state index in [1.807, 2.05) is 0 Å². The van der Waals surface area contributed by atoms with Crippen LogP contribution >= 0.6 is 11.3 Å². The minimum atomic E-state index is -3.97. The standard InChI is InChI=1S/C20H19FN4O4S2/c21-14-3-1-11-8-18(30-17(11)9-14)31(28,29)24-15-5-6-25(20(15)27)10-13-7-12(19(22)23)2-4-16(13)26/h1-4,7-9,15,24,26H,5-6,10H2,(H3,22,23)/t15-/m0/s1. The molecule has 11 heteroatoms. The monoisotopic (exact) mass is 462 g/mol. The number of hydrogen-bond acceptors (Lipinski definition) is 6. The highest BCUT2D eigenvalue weighted by Crippen LogP contribution is 2.30. The third kappa shape index (κ3) is 4.24. The summed E-state index contributed by atoms with van der Waals surface area (Å²) >= 11 is 0.932. The Balaban J connectivity index is 1.50. The first kappa shape index (κ1) is 21.2. The van der Waals surface area contributed by atoms with Gasteiger partial charge in [-0.05, 0) is 48.2 Å². The number of halogens is 1. The number of nitrogens with zero attached hydrogens (tertiary/aromatic N) is 1. The number of thiophene rings is 1. The number of phenolic OH excluding ortho intramolecular Hbond substituents is 1. The summed E-state index contributed by atoms with van der Waals surface area (Å²) in [7, 11) is -3.97. The second-order valence-electron chi connectivity index (χ2n) is 7.23. The van der Waals surface area contributed by atoms with Gasteiger partial charge in [0.25, 0.3) is 10.0 Å². The third-order valence-corrected chi connectivity index (χ3v) is 8.11. The first-order valence-electron chi connectivity index (χ1n) is 9.30. The molecule has 31 heavy (non-hydrogen) atoms. The maximum Gasteiger partial charge on any atom is 0.250 e. The van der Waals surface area contributed by atoms with E-state index >= 15 is 0 Å². The van der Waals surface area contributed by atoms with Crippen LogP contribution in [0.25, 0.3) is 10.1 Å². The Kier molecular flexibility index (Phi) is 5.42. The second-order valence-corrected chi connectivity index (χ2v) is 10.3. The summed E-state index contributed by atoms with van der Waals surface area (Å²) in [4.78, 5) is 14.2. The molecular formula is C20H19FN4O4S2. The van der Waals surface area contributed by atoms with Gasteiger partial charge in [-0.2, -0.15) is 4.72 Å². The van der Waals surface area contributed by atoms with E-state index in [4.69, 9.17) is 11.1 Å². The Morgan fingerprint density at radius 2 is 2.06 bits per heavy atom. The van der Waals surface area contributed by atoms with Crippen molar-refractivity contribution in [2.24, 2.45) is 5.73 Å². The molecule has 8 nitrogen and oxygen atoms in total. The number of benzene rings is 2. The molecule has 0 saturated carbocycles. The lowest BCUT2D eigenvalue weighted by Gasteiger charge is -2.18. The number of amidine groups is 1. The summed E-state index contributed by atoms with van der Waals surface area (Å²) in [6.07, 6.45) is 0.269. The fourth-order valence-electron chi connectivity index (χ4n) is 3.45. The topological polar surface area (TPSA) is 137 Å². The molecule has 1 saturated heterocycles. The van der Waals surface area contributed by atoms with E-state index in [-0.39, 0.29) is 28.8 Å². The SMILES string of the molecule is N=C(N)c1ccc(O)c(CN2CC[C@H](NS(=O)(=O)c3cc4ccc(F)cc4s3)C2=O)c1. The molecule has 2 heterocycles. The Bertz CT molecular complexity index is 1310. The smallest absolute Gasteiger partial charge is 0.250 e. The van der Waals surface area contributed by atoms with E-state index < -0.39 is 27.8 Å². The number of fused-ring (bicyclic) bond motifs is 1. The zero-order valence-corrected chi connectivity index (χ0v) is 17.8. The van der Waals surface area contributed by atoms with Crippen LogP contribution < -0.4 is 10.5 Å². The molecule has 1 aromatic heterocycles. The average Bonchev–Trinajstić information content (AvgIpc) is 3.28. The van der Waals surface area contributed by atoms with Crippen LogP contribution in [0.15, 0.2) is 46.7 Å². The van der Waals surface area contributed by atoms with Crippen molar-refractivity contribution in [3.8, 4) is 5.75 Å². The molecule has 0 aliphatic carbocycles. The highest BCUT2D eigenvalue weighted by atomic mass is 32.2. The molecule has 5 N–H and O–H groups in total. The van der Waals surface area contributed by atoms with Crippen molar-refractivity contribution in [2.45, 2.75) is 23.2 Å². The Morgan fingerprint density at radius 3 is 2.81 bits per heavy atom. The van der Waals surface area contributed by atoms with Crippen LogP contribution in [0.5, 0.6) is 5.75 Å². The number of nitrogens with one attached hydrogen (secondary N) is 2. The van der Waals surface area contributed by atoms with Gasteiger partial charge in [-0.15, -0.1) is 11.3 Å². The molecular weight excluding hydrogens is 443 g/mol. The van der Waals surface area contributed by atoms with E-state index in [2.05, 4.69) is 4.72 Å². The Labute approximate surface area is 181 Å². The van der Waals surface area contributed by atoms with Crippen molar-refractivity contribution in [3.63, 3.8) is 0 Å². The van der Waals surface area contributed by atoms with Crippen molar-refractivity contribution in [1.29, 1.82) is 5.41 Å². The van der Waals surface area contributed by atoms with Crippen LogP contribution in [0, 0.1) is 11.2 Å². The molecule has 1 atom stereocenters. The number of nitrogen functional groups attached to an aromatic ring is 1. The maximum atomic E-state index is 13.4. The van der Waals surface area contributed by atoms with Crippen LogP contribution in [0.4, 0.5) is 4.39 Å². The maximum absolute atomic E-state index is 13.4. The van der Waals surface area contributed by atoms with Crippen molar-refractivity contribution < 1.29 is 22.7 Å². The van der Waals surface area contributed by atoms with Gasteiger partial charge >= 0.3 is 0 Å². The molecule has 162 valence electrons. The number of hydrogen-bond donors (Lipinski definition) is 4. The fraction of sp³-hybridized carbons (Fsp3) is 0.200. The van der Waals surface area contributed by atoms with Crippen LogP contribution in [0.1, 0.15) is 17.5 Å². The van der Waals surface area contributed by atoms with Gasteiger partial charge in [0.05, 0.1) is 0 Å². The normalized spacial score (nSPS) is 16.9. The molecule has 1 aliphatic rings. The van der Waals surface area contributed by atoms with E-state index in [9.17, 15) is 22.7 Å². The van der Waals surface area contributed by atoms with Gasteiger partial charge in [-0.1, -0.05) is 6.07 Å². The van der Waals surface area contributed by atoms with Crippen LogP contribution in [0.2, 0.25) is 0 Å². The Morgan fingerprint density at radius 1 is 1.29 bits per heavy atom. The van der Waals surface area contributed by atoms with Crippen molar-refractivity contribution in [3.05, 3.63) is 59.4 Å². The molecule has 3 aromatic rings. The number of aromatic hydroxyl groups is 1. The molecule has 1 fully saturated rings. The minimum absolute atomic E-state index is 0.00570. The predicted molar refractivity (Wildman–Crippen MR) is 115 cm³/mol. The Hall–Kier alpha value is -3.02. The second kappa shape index (κ2) is 7.91. The summed E-state index contributed by atoms with van der Waals surface area (Å²) < 4.78 is 41.9. The van der Waals surface area contributed by atoms with E-state index in [1.165, 1.54) is 47.4 Å². The predicted octanol–water partition coefficient (Wildman–Crippen LogP) is 2.11. The van der Waals surface area contributed by atoms with Gasteiger partial charge in [0.2, 0.25) is 5.91 Å². The lowest BCUT2D eigenvalue weighted by Crippen LogP contribution is -2.41. The number of sulfonamides is 1. The van der Waals surface area contributed by atoms with E-state index in [1.54, 1.807) is 0 Å². The summed E-state index contributed by atoms with van der Waals surface area (Å²) in [5.74, 6) is -1.07. The van der Waals surface area contributed by atoms with Gasteiger partial charge in [0, 0.05) is 28.9 Å². The summed E-state index contributed by atoms with van der Waals surface area (Å²) in [5.41, 5.74) is 6.30. The van der Waals surface area contributed by atoms with E-state index in [0.717, 1.165) is 11.3 Å². The minimum Gasteiger partial charge on any atom is -0.508 e. The van der Waals surface area contributed by atoms with Crippen LogP contribution in [-0.4, -0.2) is 42.8 Å². The molecule has 0 radical (unpaired) electrons. The molecule has 0 spiro atoms. The highest BCUT2D eigenvalue weighted by Gasteiger charge is 2.35. The zero-order valence-electron chi connectivity index (χ0n) is 16.1.